The van der Waals surface area contributed by atoms with Crippen LogP contribution < -0.4 is 14.9 Å². The van der Waals surface area contributed by atoms with Crippen LogP contribution in [-0.2, 0) is 4.79 Å². The molecule has 0 radical (unpaired) electrons. The molecule has 0 aliphatic carbocycles. The SMILES string of the molecule is COc1cc(/C=N/NC(=O)C(O)c2ccccc2)ccc1OC(=O)c1ccc(Br)cc1. The third-order valence-corrected chi connectivity index (χ3v) is 4.75. The molecule has 0 saturated carbocycles. The lowest BCUT2D eigenvalue weighted by molar-refractivity contribution is -0.129. The smallest absolute Gasteiger partial charge is 0.343 e. The first-order valence-electron chi connectivity index (χ1n) is 9.19. The number of nitrogens with zero attached hydrogens (tertiary/aromatic N) is 1. The molecule has 3 aromatic carbocycles. The topological polar surface area (TPSA) is 97.2 Å². The van der Waals surface area contributed by atoms with Crippen LogP contribution in [0.25, 0.3) is 0 Å². The minimum absolute atomic E-state index is 0.246. The lowest BCUT2D eigenvalue weighted by atomic mass is 10.1. The van der Waals surface area contributed by atoms with Gasteiger partial charge in [-0.15, -0.1) is 0 Å². The second-order valence-corrected chi connectivity index (χ2v) is 7.27. The van der Waals surface area contributed by atoms with Crippen molar-refractivity contribution in [3.05, 3.63) is 94.0 Å². The number of aliphatic hydroxyl groups is 1. The maximum Gasteiger partial charge on any atom is 0.343 e. The summed E-state index contributed by atoms with van der Waals surface area (Å²) in [6.07, 6.45) is 0.0617. The number of esters is 1. The fourth-order valence-electron chi connectivity index (χ4n) is 2.61. The van der Waals surface area contributed by atoms with Crippen molar-refractivity contribution in [3.63, 3.8) is 0 Å². The second kappa shape index (κ2) is 10.5. The summed E-state index contributed by atoms with van der Waals surface area (Å²) in [7, 11) is 1.45. The molecule has 1 atom stereocenters. The Kier molecular flexibility index (Phi) is 7.53. The molecule has 158 valence electrons. The van der Waals surface area contributed by atoms with E-state index < -0.39 is 18.0 Å². The van der Waals surface area contributed by atoms with Crippen molar-refractivity contribution in [2.24, 2.45) is 5.10 Å². The van der Waals surface area contributed by atoms with E-state index in [2.05, 4.69) is 26.5 Å². The van der Waals surface area contributed by atoms with Crippen molar-refractivity contribution >= 4 is 34.0 Å². The largest absolute Gasteiger partial charge is 0.493 e. The summed E-state index contributed by atoms with van der Waals surface area (Å²) in [5.41, 5.74) is 3.75. The van der Waals surface area contributed by atoms with E-state index in [0.29, 0.717) is 22.4 Å². The monoisotopic (exact) mass is 482 g/mol. The lowest BCUT2D eigenvalue weighted by Crippen LogP contribution is -2.25. The van der Waals surface area contributed by atoms with E-state index in [9.17, 15) is 14.7 Å². The van der Waals surface area contributed by atoms with Crippen molar-refractivity contribution < 1.29 is 24.2 Å². The summed E-state index contributed by atoms with van der Waals surface area (Å²) in [5, 5.41) is 13.9. The highest BCUT2D eigenvalue weighted by Gasteiger charge is 2.16. The molecule has 0 saturated heterocycles. The Labute approximate surface area is 187 Å². The van der Waals surface area contributed by atoms with Crippen LogP contribution in [-0.4, -0.2) is 30.3 Å². The average Bonchev–Trinajstić information content (AvgIpc) is 2.80. The summed E-state index contributed by atoms with van der Waals surface area (Å²) in [5.74, 6) is -0.606. The molecular formula is C23H19BrN2O5. The molecule has 3 aromatic rings. The number of benzene rings is 3. The first-order valence-corrected chi connectivity index (χ1v) is 9.99. The van der Waals surface area contributed by atoms with Crippen LogP contribution in [0.3, 0.4) is 0 Å². The lowest BCUT2D eigenvalue weighted by Gasteiger charge is -2.10. The number of carbonyl (C=O) groups is 2. The zero-order valence-electron chi connectivity index (χ0n) is 16.5. The highest BCUT2D eigenvalue weighted by Crippen LogP contribution is 2.28. The van der Waals surface area contributed by atoms with Gasteiger partial charge in [0.2, 0.25) is 0 Å². The quantitative estimate of drug-likeness (QED) is 0.230. The number of aliphatic hydroxyl groups excluding tert-OH is 1. The molecule has 0 aromatic heterocycles. The number of halogens is 1. The molecule has 1 amide bonds. The first-order chi connectivity index (χ1) is 15.0. The Morgan fingerprint density at radius 3 is 2.42 bits per heavy atom. The normalized spacial score (nSPS) is 11.7. The fraction of sp³-hybridized carbons (Fsp3) is 0.0870. The van der Waals surface area contributed by atoms with Gasteiger partial charge in [-0.1, -0.05) is 46.3 Å². The Hall–Kier alpha value is -3.49. The second-order valence-electron chi connectivity index (χ2n) is 6.35. The van der Waals surface area contributed by atoms with Gasteiger partial charge in [-0.3, -0.25) is 4.79 Å². The molecule has 0 aliphatic rings. The van der Waals surface area contributed by atoms with Crippen LogP contribution >= 0.6 is 15.9 Å². The van der Waals surface area contributed by atoms with E-state index in [-0.39, 0.29) is 5.75 Å². The summed E-state index contributed by atoms with van der Waals surface area (Å²) in [6.45, 7) is 0. The van der Waals surface area contributed by atoms with Gasteiger partial charge >= 0.3 is 5.97 Å². The van der Waals surface area contributed by atoms with Crippen molar-refractivity contribution in [2.45, 2.75) is 6.10 Å². The number of nitrogens with one attached hydrogen (secondary N) is 1. The summed E-state index contributed by atoms with van der Waals surface area (Å²) in [6, 6.07) is 20.1. The summed E-state index contributed by atoms with van der Waals surface area (Å²) in [4.78, 5) is 24.3. The van der Waals surface area contributed by atoms with Gasteiger partial charge in [0.25, 0.3) is 5.91 Å². The minimum Gasteiger partial charge on any atom is -0.493 e. The number of hydrogen-bond acceptors (Lipinski definition) is 6. The Balaban J connectivity index is 1.64. The maximum atomic E-state index is 12.3. The van der Waals surface area contributed by atoms with Crippen molar-refractivity contribution in [1.82, 2.24) is 5.43 Å². The molecular weight excluding hydrogens is 464 g/mol. The van der Waals surface area contributed by atoms with Gasteiger partial charge in [-0.25, -0.2) is 10.2 Å². The van der Waals surface area contributed by atoms with Gasteiger partial charge in [0.15, 0.2) is 17.6 Å². The molecule has 8 heteroatoms. The number of rotatable bonds is 7. The molecule has 0 spiro atoms. The predicted octanol–water partition coefficient (Wildman–Crippen LogP) is 3.86. The van der Waals surface area contributed by atoms with Gasteiger partial charge < -0.3 is 14.6 Å². The molecule has 2 N–H and O–H groups in total. The molecule has 0 bridgehead atoms. The third-order valence-electron chi connectivity index (χ3n) is 4.22. The van der Waals surface area contributed by atoms with Crippen LogP contribution in [0.5, 0.6) is 11.5 Å². The van der Waals surface area contributed by atoms with E-state index in [1.54, 1.807) is 72.8 Å². The van der Waals surface area contributed by atoms with Gasteiger partial charge in [-0.05, 0) is 53.6 Å². The van der Waals surface area contributed by atoms with Crippen LogP contribution in [0.2, 0.25) is 0 Å². The Morgan fingerprint density at radius 1 is 1.03 bits per heavy atom. The highest BCUT2D eigenvalue weighted by atomic mass is 79.9. The van der Waals surface area contributed by atoms with Gasteiger partial charge in [0.1, 0.15) is 0 Å². The van der Waals surface area contributed by atoms with E-state index in [0.717, 1.165) is 4.47 Å². The van der Waals surface area contributed by atoms with E-state index >= 15 is 0 Å². The van der Waals surface area contributed by atoms with Gasteiger partial charge in [0, 0.05) is 4.47 Å². The Bertz CT molecular complexity index is 1080. The zero-order valence-corrected chi connectivity index (χ0v) is 18.1. The molecule has 0 aliphatic heterocycles. The molecule has 1 unspecified atom stereocenters. The number of amides is 1. The number of hydrogen-bond donors (Lipinski definition) is 2. The van der Waals surface area contributed by atoms with Crippen molar-refractivity contribution in [1.29, 1.82) is 0 Å². The average molecular weight is 483 g/mol. The number of hydrazone groups is 1. The number of methoxy groups -OCH3 is 1. The first kappa shape index (κ1) is 22.2. The molecule has 31 heavy (non-hydrogen) atoms. The highest BCUT2D eigenvalue weighted by molar-refractivity contribution is 9.10. The predicted molar refractivity (Wildman–Crippen MR) is 119 cm³/mol. The van der Waals surface area contributed by atoms with Crippen molar-refractivity contribution in [2.75, 3.05) is 7.11 Å². The van der Waals surface area contributed by atoms with Gasteiger partial charge in [0.05, 0.1) is 18.9 Å². The standard InChI is InChI=1S/C23H19BrN2O5/c1-30-20-13-15(14-25-26-22(28)21(27)16-5-3-2-4-6-16)7-12-19(20)31-23(29)17-8-10-18(24)11-9-17/h2-14,21,27H,1H3,(H,26,28)/b25-14+. The molecule has 0 heterocycles. The van der Waals surface area contributed by atoms with Crippen LogP contribution in [0.15, 0.2) is 82.4 Å². The third kappa shape index (κ3) is 6.00. The molecule has 7 nitrogen and oxygen atoms in total. The van der Waals surface area contributed by atoms with Gasteiger partial charge in [-0.2, -0.15) is 5.10 Å². The number of ether oxygens (including phenoxy) is 2. The van der Waals surface area contributed by atoms with E-state index in [1.165, 1.54) is 13.3 Å². The number of carbonyl (C=O) groups excluding carboxylic acids is 2. The van der Waals surface area contributed by atoms with E-state index in [1.807, 2.05) is 0 Å². The fourth-order valence-corrected chi connectivity index (χ4v) is 2.88. The van der Waals surface area contributed by atoms with Crippen molar-refractivity contribution in [3.8, 4) is 11.5 Å². The molecule has 0 fully saturated rings. The van der Waals surface area contributed by atoms with E-state index in [4.69, 9.17) is 9.47 Å². The summed E-state index contributed by atoms with van der Waals surface area (Å²) >= 11 is 3.32. The van der Waals surface area contributed by atoms with Crippen LogP contribution in [0, 0.1) is 0 Å². The maximum absolute atomic E-state index is 12.3. The van der Waals surface area contributed by atoms with Crippen LogP contribution in [0.1, 0.15) is 27.6 Å². The minimum atomic E-state index is -1.33. The van der Waals surface area contributed by atoms with Crippen LogP contribution in [0.4, 0.5) is 0 Å². The Morgan fingerprint density at radius 2 is 1.74 bits per heavy atom. The molecule has 3 rings (SSSR count). The summed E-state index contributed by atoms with van der Waals surface area (Å²) < 4.78 is 11.6. The zero-order chi connectivity index (χ0) is 22.2.